The summed E-state index contributed by atoms with van der Waals surface area (Å²) in [6.45, 7) is 2.17. The molecule has 170 valence electrons. The third kappa shape index (κ3) is 4.38. The first-order valence-corrected chi connectivity index (χ1v) is 10.3. The highest BCUT2D eigenvalue weighted by atomic mass is 16.5. The number of urea groups is 1. The highest BCUT2D eigenvalue weighted by Gasteiger charge is 2.52. The van der Waals surface area contributed by atoms with Crippen LogP contribution in [-0.2, 0) is 21.7 Å². The van der Waals surface area contributed by atoms with Crippen LogP contribution in [0.25, 0.3) is 0 Å². The van der Waals surface area contributed by atoms with Crippen LogP contribution in [0.15, 0.2) is 48.5 Å². The molecule has 0 spiro atoms. The SMILES string of the molecule is CCC1(c2ccccc2)NC(=O)N(NC(=O)CN(C)Cc2cccc(OC)c2OC)C1=O. The highest BCUT2D eigenvalue weighted by molar-refractivity contribution is 6.08. The molecule has 9 nitrogen and oxygen atoms in total. The number of ether oxygens (including phenoxy) is 2. The van der Waals surface area contributed by atoms with E-state index in [1.165, 1.54) is 0 Å². The first-order valence-electron chi connectivity index (χ1n) is 10.3. The van der Waals surface area contributed by atoms with Crippen molar-refractivity contribution in [1.82, 2.24) is 20.7 Å². The van der Waals surface area contributed by atoms with Crippen molar-refractivity contribution in [2.45, 2.75) is 25.4 Å². The summed E-state index contributed by atoms with van der Waals surface area (Å²) < 4.78 is 10.7. The average Bonchev–Trinajstić information content (AvgIpc) is 3.04. The fraction of sp³-hybridized carbons (Fsp3) is 0.348. The molecule has 9 heteroatoms. The third-order valence-electron chi connectivity index (χ3n) is 5.46. The van der Waals surface area contributed by atoms with Crippen molar-refractivity contribution < 1.29 is 23.9 Å². The van der Waals surface area contributed by atoms with E-state index in [4.69, 9.17) is 9.47 Å². The molecule has 0 aromatic heterocycles. The smallest absolute Gasteiger partial charge is 0.344 e. The van der Waals surface area contributed by atoms with Gasteiger partial charge in [-0.1, -0.05) is 49.4 Å². The molecule has 0 saturated carbocycles. The fourth-order valence-electron chi connectivity index (χ4n) is 3.87. The highest BCUT2D eigenvalue weighted by Crippen LogP contribution is 2.32. The Balaban J connectivity index is 1.67. The summed E-state index contributed by atoms with van der Waals surface area (Å²) in [4.78, 5) is 40.0. The average molecular weight is 441 g/mol. The quantitative estimate of drug-likeness (QED) is 0.579. The minimum Gasteiger partial charge on any atom is -0.493 e. The van der Waals surface area contributed by atoms with Gasteiger partial charge in [-0.2, -0.15) is 5.01 Å². The van der Waals surface area contributed by atoms with E-state index in [2.05, 4.69) is 10.7 Å². The zero-order chi connectivity index (χ0) is 23.3. The minimum atomic E-state index is -1.20. The molecule has 1 unspecified atom stereocenters. The number of methoxy groups -OCH3 is 2. The van der Waals surface area contributed by atoms with Gasteiger partial charge in [-0.15, -0.1) is 0 Å². The van der Waals surface area contributed by atoms with Crippen LogP contribution >= 0.6 is 0 Å². The number of hydrazine groups is 1. The molecule has 1 fully saturated rings. The summed E-state index contributed by atoms with van der Waals surface area (Å²) in [6, 6.07) is 13.8. The van der Waals surface area contributed by atoms with Crippen LogP contribution in [-0.4, -0.2) is 55.6 Å². The lowest BCUT2D eigenvalue weighted by molar-refractivity contribution is -0.139. The molecule has 2 aromatic rings. The Morgan fingerprint density at radius 3 is 2.44 bits per heavy atom. The predicted octanol–water partition coefficient (Wildman–Crippen LogP) is 2.02. The van der Waals surface area contributed by atoms with Gasteiger partial charge in [-0.25, -0.2) is 4.79 Å². The number of amides is 4. The van der Waals surface area contributed by atoms with Crippen molar-refractivity contribution in [1.29, 1.82) is 0 Å². The second-order valence-electron chi connectivity index (χ2n) is 7.56. The van der Waals surface area contributed by atoms with Crippen LogP contribution in [0.5, 0.6) is 11.5 Å². The van der Waals surface area contributed by atoms with Gasteiger partial charge in [-0.05, 0) is 25.1 Å². The van der Waals surface area contributed by atoms with Crippen LogP contribution in [0.3, 0.4) is 0 Å². The van der Waals surface area contributed by atoms with Crippen molar-refractivity contribution in [2.75, 3.05) is 27.8 Å². The van der Waals surface area contributed by atoms with Gasteiger partial charge in [0.05, 0.1) is 20.8 Å². The molecule has 1 saturated heterocycles. The lowest BCUT2D eigenvalue weighted by Crippen LogP contribution is -2.50. The summed E-state index contributed by atoms with van der Waals surface area (Å²) in [6.07, 6.45) is 0.351. The Bertz CT molecular complexity index is 997. The standard InChI is InChI=1S/C23H28N4O5/c1-5-23(17-11-7-6-8-12-17)21(29)27(22(30)24-23)25-19(28)15-26(2)14-16-10-9-13-18(31-3)20(16)32-4/h6-13H,5,14-15H2,1-4H3,(H,24,30)(H,25,28). The maximum atomic E-state index is 13.1. The monoisotopic (exact) mass is 440 g/mol. The molecule has 2 aromatic carbocycles. The van der Waals surface area contributed by atoms with Crippen LogP contribution in [0.2, 0.25) is 0 Å². The maximum Gasteiger partial charge on any atom is 0.344 e. The summed E-state index contributed by atoms with van der Waals surface area (Å²) >= 11 is 0. The summed E-state index contributed by atoms with van der Waals surface area (Å²) in [7, 11) is 4.87. The number of nitrogens with one attached hydrogen (secondary N) is 2. The van der Waals surface area contributed by atoms with Crippen LogP contribution < -0.4 is 20.2 Å². The van der Waals surface area contributed by atoms with Gasteiger partial charge in [0.2, 0.25) is 0 Å². The Morgan fingerprint density at radius 2 is 1.81 bits per heavy atom. The zero-order valence-electron chi connectivity index (χ0n) is 18.7. The van der Waals surface area contributed by atoms with Gasteiger partial charge in [0.1, 0.15) is 5.54 Å². The van der Waals surface area contributed by atoms with Gasteiger partial charge in [0.25, 0.3) is 11.8 Å². The van der Waals surface area contributed by atoms with E-state index in [0.717, 1.165) is 10.6 Å². The zero-order valence-corrected chi connectivity index (χ0v) is 18.7. The molecular formula is C23H28N4O5. The number of likely N-dealkylation sites (N-methyl/N-ethyl adjacent to an activating group) is 1. The second-order valence-corrected chi connectivity index (χ2v) is 7.56. The minimum absolute atomic E-state index is 0.0398. The molecule has 4 amide bonds. The molecule has 0 bridgehead atoms. The molecule has 0 radical (unpaired) electrons. The summed E-state index contributed by atoms with van der Waals surface area (Å²) in [5, 5.41) is 3.50. The lowest BCUT2D eigenvalue weighted by Gasteiger charge is -2.25. The molecule has 32 heavy (non-hydrogen) atoms. The molecule has 2 N–H and O–H groups in total. The van der Waals surface area contributed by atoms with E-state index in [1.54, 1.807) is 56.5 Å². The number of imide groups is 1. The van der Waals surface area contributed by atoms with Crippen molar-refractivity contribution in [3.8, 4) is 11.5 Å². The number of benzene rings is 2. The van der Waals surface area contributed by atoms with Gasteiger partial charge >= 0.3 is 6.03 Å². The second kappa shape index (κ2) is 9.69. The van der Waals surface area contributed by atoms with Gasteiger partial charge < -0.3 is 14.8 Å². The van der Waals surface area contributed by atoms with Gasteiger partial charge in [-0.3, -0.25) is 19.9 Å². The molecule has 1 heterocycles. The number of para-hydroxylation sites is 1. The normalized spacial score (nSPS) is 18.0. The molecule has 1 atom stereocenters. The van der Waals surface area contributed by atoms with E-state index in [9.17, 15) is 14.4 Å². The van der Waals surface area contributed by atoms with Gasteiger partial charge in [0.15, 0.2) is 11.5 Å². The number of hydrogen-bond acceptors (Lipinski definition) is 6. The molecule has 3 rings (SSSR count). The van der Waals surface area contributed by atoms with Crippen molar-refractivity contribution in [2.24, 2.45) is 0 Å². The largest absolute Gasteiger partial charge is 0.493 e. The van der Waals surface area contributed by atoms with E-state index >= 15 is 0 Å². The number of rotatable bonds is 9. The maximum absolute atomic E-state index is 13.1. The molecule has 0 aliphatic carbocycles. The molecule has 1 aliphatic heterocycles. The number of nitrogens with zero attached hydrogens (tertiary/aromatic N) is 2. The van der Waals surface area contributed by atoms with Gasteiger partial charge in [0, 0.05) is 12.1 Å². The van der Waals surface area contributed by atoms with Crippen molar-refractivity contribution in [3.63, 3.8) is 0 Å². The summed E-state index contributed by atoms with van der Waals surface area (Å²) in [5.74, 6) is 0.186. The van der Waals surface area contributed by atoms with Crippen LogP contribution in [0.1, 0.15) is 24.5 Å². The number of carbonyl (C=O) groups is 3. The molecular weight excluding hydrogens is 412 g/mol. The topological polar surface area (TPSA) is 100 Å². The Labute approximate surface area is 187 Å². The predicted molar refractivity (Wildman–Crippen MR) is 118 cm³/mol. The third-order valence-corrected chi connectivity index (χ3v) is 5.46. The summed E-state index contributed by atoms with van der Waals surface area (Å²) in [5.41, 5.74) is 2.74. The van der Waals surface area contributed by atoms with E-state index < -0.39 is 23.4 Å². The van der Waals surface area contributed by atoms with Crippen molar-refractivity contribution >= 4 is 17.8 Å². The number of hydrogen-bond donors (Lipinski definition) is 2. The Morgan fingerprint density at radius 1 is 1.09 bits per heavy atom. The molecule has 1 aliphatic rings. The fourth-order valence-corrected chi connectivity index (χ4v) is 3.87. The first-order chi connectivity index (χ1) is 15.4. The Hall–Kier alpha value is -3.59. The van der Waals surface area contributed by atoms with Crippen molar-refractivity contribution in [3.05, 3.63) is 59.7 Å². The van der Waals surface area contributed by atoms with Crippen LogP contribution in [0.4, 0.5) is 4.79 Å². The van der Waals surface area contributed by atoms with E-state index in [0.29, 0.717) is 30.0 Å². The first kappa shape index (κ1) is 23.1. The van der Waals surface area contributed by atoms with E-state index in [1.807, 2.05) is 25.1 Å². The van der Waals surface area contributed by atoms with E-state index in [-0.39, 0.29) is 6.54 Å². The Kier molecular flexibility index (Phi) is 6.99. The van der Waals surface area contributed by atoms with Crippen LogP contribution in [0, 0.1) is 0 Å². The number of carbonyl (C=O) groups excluding carboxylic acids is 3. The lowest BCUT2D eigenvalue weighted by atomic mass is 9.87.